The number of ether oxygens (including phenoxy) is 1. The Morgan fingerprint density at radius 3 is 2.64 bits per heavy atom. The molecule has 0 bridgehead atoms. The Labute approximate surface area is 129 Å². The minimum Gasteiger partial charge on any atom is -0.497 e. The lowest BCUT2D eigenvalue weighted by atomic mass is 10.3. The molecule has 7 nitrogen and oxygen atoms in total. The van der Waals surface area contributed by atoms with Gasteiger partial charge in [0.2, 0.25) is 5.95 Å². The van der Waals surface area contributed by atoms with Gasteiger partial charge in [0.25, 0.3) is 0 Å². The maximum Gasteiger partial charge on any atom is 0.225 e. The van der Waals surface area contributed by atoms with Crippen molar-refractivity contribution in [2.24, 2.45) is 10.7 Å². The number of rotatable bonds is 5. The van der Waals surface area contributed by atoms with Crippen LogP contribution in [0.1, 0.15) is 5.69 Å². The molecule has 2 aromatic rings. The minimum absolute atomic E-state index is 0.329. The van der Waals surface area contributed by atoms with Crippen LogP contribution >= 0.6 is 0 Å². The molecule has 0 spiro atoms. The number of aliphatic imine (C=N–C) groups is 1. The van der Waals surface area contributed by atoms with E-state index in [0.29, 0.717) is 18.5 Å². The molecule has 3 N–H and O–H groups in total. The van der Waals surface area contributed by atoms with Crippen molar-refractivity contribution in [1.29, 1.82) is 0 Å². The summed E-state index contributed by atoms with van der Waals surface area (Å²) in [6.45, 7) is 0.387. The normalized spacial score (nSPS) is 11.1. The summed E-state index contributed by atoms with van der Waals surface area (Å²) in [7, 11) is 5.41. The van der Waals surface area contributed by atoms with E-state index in [4.69, 9.17) is 10.5 Å². The molecule has 0 aliphatic rings. The Bertz CT molecular complexity index is 639. The van der Waals surface area contributed by atoms with Gasteiger partial charge >= 0.3 is 0 Å². The third-order valence-electron chi connectivity index (χ3n) is 2.87. The van der Waals surface area contributed by atoms with Crippen molar-refractivity contribution in [1.82, 2.24) is 9.97 Å². The molecule has 1 aromatic heterocycles. The van der Waals surface area contributed by atoms with Gasteiger partial charge in [0.15, 0.2) is 5.96 Å². The van der Waals surface area contributed by atoms with Crippen LogP contribution < -0.4 is 20.7 Å². The summed E-state index contributed by atoms with van der Waals surface area (Å²) in [6.07, 6.45) is 1.71. The monoisotopic (exact) mass is 300 g/mol. The number of nitrogens with two attached hydrogens (primary N) is 1. The van der Waals surface area contributed by atoms with E-state index in [9.17, 15) is 0 Å². The summed E-state index contributed by atoms with van der Waals surface area (Å²) >= 11 is 0. The molecule has 0 saturated carbocycles. The number of hydrogen-bond donors (Lipinski definition) is 2. The average molecular weight is 300 g/mol. The molecule has 0 aliphatic heterocycles. The Morgan fingerprint density at radius 1 is 1.27 bits per heavy atom. The van der Waals surface area contributed by atoms with E-state index in [-0.39, 0.29) is 0 Å². The smallest absolute Gasteiger partial charge is 0.225 e. The maximum absolute atomic E-state index is 5.88. The van der Waals surface area contributed by atoms with Crippen molar-refractivity contribution in [2.75, 3.05) is 31.4 Å². The summed E-state index contributed by atoms with van der Waals surface area (Å²) in [5, 5.41) is 3.02. The first-order valence-corrected chi connectivity index (χ1v) is 6.78. The van der Waals surface area contributed by atoms with Crippen molar-refractivity contribution < 1.29 is 4.74 Å². The van der Waals surface area contributed by atoms with Crippen LogP contribution in [0.2, 0.25) is 0 Å². The molecule has 0 saturated heterocycles. The molecule has 0 unspecified atom stereocenters. The van der Waals surface area contributed by atoms with E-state index in [1.807, 2.05) is 49.3 Å². The quantitative estimate of drug-likeness (QED) is 0.642. The standard InChI is InChI=1S/C15H20N6O/c1-21(2)15-17-9-8-12(20-15)10-18-14(16)19-11-4-6-13(22-3)7-5-11/h4-9H,10H2,1-3H3,(H3,16,18,19). The molecule has 1 aromatic carbocycles. The molecule has 116 valence electrons. The maximum atomic E-state index is 5.88. The van der Waals surface area contributed by atoms with Crippen LogP contribution in [0.5, 0.6) is 5.75 Å². The van der Waals surface area contributed by atoms with Gasteiger partial charge in [-0.2, -0.15) is 0 Å². The Balaban J connectivity index is 1.98. The number of guanidine groups is 1. The molecule has 0 radical (unpaired) electrons. The highest BCUT2D eigenvalue weighted by Crippen LogP contribution is 2.14. The first-order valence-electron chi connectivity index (χ1n) is 6.78. The first kappa shape index (κ1) is 15.6. The Morgan fingerprint density at radius 2 is 2.00 bits per heavy atom. The fourth-order valence-corrected chi connectivity index (χ4v) is 1.72. The zero-order valence-corrected chi connectivity index (χ0v) is 12.9. The molecule has 1 heterocycles. The first-order chi connectivity index (χ1) is 10.6. The molecule has 7 heteroatoms. The number of methoxy groups -OCH3 is 1. The van der Waals surface area contributed by atoms with Crippen molar-refractivity contribution in [3.8, 4) is 5.75 Å². The third-order valence-corrected chi connectivity index (χ3v) is 2.87. The number of hydrogen-bond acceptors (Lipinski definition) is 5. The summed E-state index contributed by atoms with van der Waals surface area (Å²) in [5.74, 6) is 1.77. The van der Waals surface area contributed by atoms with Gasteiger partial charge in [-0.1, -0.05) is 0 Å². The van der Waals surface area contributed by atoms with E-state index >= 15 is 0 Å². The molecule has 2 rings (SSSR count). The highest BCUT2D eigenvalue weighted by atomic mass is 16.5. The molecule has 22 heavy (non-hydrogen) atoms. The summed E-state index contributed by atoms with van der Waals surface area (Å²) in [4.78, 5) is 14.7. The summed E-state index contributed by atoms with van der Waals surface area (Å²) < 4.78 is 5.10. The number of nitrogens with zero attached hydrogens (tertiary/aromatic N) is 4. The predicted molar refractivity (Wildman–Crippen MR) is 88.3 cm³/mol. The SMILES string of the molecule is COc1ccc(NC(N)=NCc2ccnc(N(C)C)n2)cc1. The van der Waals surface area contributed by atoms with Gasteiger partial charge in [0.1, 0.15) is 5.75 Å². The predicted octanol–water partition coefficient (Wildman–Crippen LogP) is 1.48. The lowest BCUT2D eigenvalue weighted by Crippen LogP contribution is -2.22. The van der Waals surface area contributed by atoms with Crippen LogP contribution in [0.15, 0.2) is 41.5 Å². The second kappa shape index (κ2) is 7.26. The van der Waals surface area contributed by atoms with Crippen LogP contribution in [0.4, 0.5) is 11.6 Å². The largest absolute Gasteiger partial charge is 0.497 e. The van der Waals surface area contributed by atoms with Crippen molar-refractivity contribution in [3.63, 3.8) is 0 Å². The second-order valence-corrected chi connectivity index (χ2v) is 4.80. The molecular formula is C15H20N6O. The highest BCUT2D eigenvalue weighted by Gasteiger charge is 2.01. The lowest BCUT2D eigenvalue weighted by Gasteiger charge is -2.10. The zero-order valence-electron chi connectivity index (χ0n) is 12.9. The van der Waals surface area contributed by atoms with Gasteiger partial charge in [-0.15, -0.1) is 0 Å². The van der Waals surface area contributed by atoms with E-state index in [1.54, 1.807) is 13.3 Å². The van der Waals surface area contributed by atoms with Crippen molar-refractivity contribution >= 4 is 17.6 Å². The van der Waals surface area contributed by atoms with E-state index < -0.39 is 0 Å². The average Bonchev–Trinajstić information content (AvgIpc) is 2.54. The van der Waals surface area contributed by atoms with Crippen LogP contribution in [0, 0.1) is 0 Å². The molecule has 0 amide bonds. The summed E-state index contributed by atoms with van der Waals surface area (Å²) in [6, 6.07) is 9.26. The van der Waals surface area contributed by atoms with E-state index in [2.05, 4.69) is 20.3 Å². The minimum atomic E-state index is 0.329. The van der Waals surface area contributed by atoms with Crippen LogP contribution in [-0.4, -0.2) is 37.1 Å². The number of aromatic nitrogens is 2. The van der Waals surface area contributed by atoms with Crippen LogP contribution in [0.25, 0.3) is 0 Å². The van der Waals surface area contributed by atoms with Gasteiger partial charge in [-0.3, -0.25) is 0 Å². The van der Waals surface area contributed by atoms with Crippen LogP contribution in [-0.2, 0) is 6.54 Å². The lowest BCUT2D eigenvalue weighted by molar-refractivity contribution is 0.415. The van der Waals surface area contributed by atoms with E-state index in [0.717, 1.165) is 17.1 Å². The van der Waals surface area contributed by atoms with E-state index in [1.165, 1.54) is 0 Å². The molecule has 0 atom stereocenters. The van der Waals surface area contributed by atoms with Gasteiger partial charge in [0.05, 0.1) is 19.3 Å². The molecule has 0 fully saturated rings. The fraction of sp³-hybridized carbons (Fsp3) is 0.267. The Kier molecular flexibility index (Phi) is 5.13. The number of benzene rings is 1. The fourth-order valence-electron chi connectivity index (χ4n) is 1.72. The highest BCUT2D eigenvalue weighted by molar-refractivity contribution is 5.92. The van der Waals surface area contributed by atoms with Gasteiger partial charge in [0, 0.05) is 26.0 Å². The Hall–Kier alpha value is -2.83. The molecular weight excluding hydrogens is 280 g/mol. The van der Waals surface area contributed by atoms with Crippen molar-refractivity contribution in [2.45, 2.75) is 6.54 Å². The summed E-state index contributed by atoms with van der Waals surface area (Å²) in [5.41, 5.74) is 7.53. The topological polar surface area (TPSA) is 88.7 Å². The number of anilines is 2. The zero-order chi connectivity index (χ0) is 15.9. The third kappa shape index (κ3) is 4.34. The van der Waals surface area contributed by atoms with Crippen molar-refractivity contribution in [3.05, 3.63) is 42.2 Å². The molecule has 0 aliphatic carbocycles. The second-order valence-electron chi connectivity index (χ2n) is 4.80. The van der Waals surface area contributed by atoms with Gasteiger partial charge in [-0.05, 0) is 30.3 Å². The van der Waals surface area contributed by atoms with Gasteiger partial charge in [-0.25, -0.2) is 15.0 Å². The number of nitrogens with one attached hydrogen (secondary N) is 1. The van der Waals surface area contributed by atoms with Crippen LogP contribution in [0.3, 0.4) is 0 Å². The van der Waals surface area contributed by atoms with Gasteiger partial charge < -0.3 is 20.7 Å².